The first-order valence-electron chi connectivity index (χ1n) is 10.6. The number of carbonyl (C=O) groups is 1. The van der Waals surface area contributed by atoms with Gasteiger partial charge in [-0.2, -0.15) is 13.2 Å². The molecule has 0 amide bonds. The van der Waals surface area contributed by atoms with E-state index in [1.807, 2.05) is 0 Å². The molecule has 35 heavy (non-hydrogen) atoms. The molecule has 1 aromatic heterocycles. The van der Waals surface area contributed by atoms with Gasteiger partial charge in [0.15, 0.2) is 4.90 Å². The van der Waals surface area contributed by atoms with E-state index in [2.05, 4.69) is 20.3 Å². The normalized spacial score (nSPS) is 16.4. The molecule has 1 fully saturated rings. The molecule has 1 N–H and O–H groups in total. The van der Waals surface area contributed by atoms with E-state index in [9.17, 15) is 22.5 Å². The number of nitrogens with one attached hydrogen (secondary N) is 1. The number of aromatic nitrogens is 3. The highest BCUT2D eigenvalue weighted by molar-refractivity contribution is 7.91. The van der Waals surface area contributed by atoms with Crippen molar-refractivity contribution in [2.45, 2.75) is 17.7 Å². The quantitative estimate of drug-likeness (QED) is 0.364. The van der Waals surface area contributed by atoms with Crippen molar-refractivity contribution in [1.29, 1.82) is 0 Å². The van der Waals surface area contributed by atoms with E-state index in [4.69, 9.17) is 21.2 Å². The SMILES string of the molecule is O=C(OCc1ccc(C(F)(F)F)c(Cl)c1)ON1CCN(CC[S+]([O-])c2ccc3nn[nH]c3c2)CC1. The highest BCUT2D eigenvalue weighted by atomic mass is 35.5. The van der Waals surface area contributed by atoms with Gasteiger partial charge in [-0.15, -0.1) is 10.2 Å². The second-order valence-corrected chi connectivity index (χ2v) is 9.73. The van der Waals surface area contributed by atoms with Crippen LogP contribution in [0.25, 0.3) is 11.0 Å². The van der Waals surface area contributed by atoms with Crippen LogP contribution in [0, 0.1) is 0 Å². The number of alkyl halides is 3. The van der Waals surface area contributed by atoms with E-state index in [1.165, 1.54) is 11.1 Å². The molecule has 188 valence electrons. The lowest BCUT2D eigenvalue weighted by atomic mass is 10.1. The minimum Gasteiger partial charge on any atom is -0.611 e. The molecule has 0 aliphatic carbocycles. The molecule has 1 aliphatic rings. The molecule has 1 unspecified atom stereocenters. The van der Waals surface area contributed by atoms with E-state index in [0.717, 1.165) is 17.6 Å². The number of H-pyrrole nitrogens is 1. The smallest absolute Gasteiger partial charge is 0.528 e. The minimum absolute atomic E-state index is 0.275. The third kappa shape index (κ3) is 6.76. The second kappa shape index (κ2) is 11.0. The molecule has 0 spiro atoms. The second-order valence-electron chi connectivity index (χ2n) is 7.75. The summed E-state index contributed by atoms with van der Waals surface area (Å²) < 4.78 is 55.9. The van der Waals surface area contributed by atoms with Crippen LogP contribution in [0.1, 0.15) is 11.1 Å². The first-order chi connectivity index (χ1) is 16.7. The van der Waals surface area contributed by atoms with Crippen molar-refractivity contribution in [1.82, 2.24) is 25.4 Å². The summed E-state index contributed by atoms with van der Waals surface area (Å²) in [7, 11) is 0. The standard InChI is InChI=1S/C21H21ClF3N5O4S/c22-17-11-14(1-3-16(17)21(23,24)25)13-33-20(31)34-30-7-5-29(6-8-30)9-10-35(32)15-2-4-18-19(12-15)27-28-26-18/h1-4,11-12H,5-10,13H2,(H,26,27,28). The van der Waals surface area contributed by atoms with Crippen LogP contribution >= 0.6 is 11.6 Å². The lowest BCUT2D eigenvalue weighted by Crippen LogP contribution is -2.48. The van der Waals surface area contributed by atoms with Crippen LogP contribution in [0.15, 0.2) is 41.3 Å². The van der Waals surface area contributed by atoms with Gasteiger partial charge in [-0.05, 0) is 41.0 Å². The molecule has 4 rings (SSSR count). The van der Waals surface area contributed by atoms with Crippen molar-refractivity contribution in [3.63, 3.8) is 0 Å². The van der Waals surface area contributed by atoms with Crippen LogP contribution in [0.5, 0.6) is 0 Å². The summed E-state index contributed by atoms with van der Waals surface area (Å²) >= 11 is 4.49. The number of fused-ring (bicyclic) bond motifs is 1. The van der Waals surface area contributed by atoms with Crippen molar-refractivity contribution >= 4 is 40.0 Å². The lowest BCUT2D eigenvalue weighted by molar-refractivity contribution is -0.147. The minimum atomic E-state index is -4.56. The summed E-state index contributed by atoms with van der Waals surface area (Å²) in [5, 5.41) is 11.4. The fourth-order valence-corrected chi connectivity index (χ4v) is 4.93. The Hall–Kier alpha value is -2.58. The van der Waals surface area contributed by atoms with E-state index in [-0.39, 0.29) is 6.61 Å². The van der Waals surface area contributed by atoms with Crippen LogP contribution < -0.4 is 0 Å². The Labute approximate surface area is 206 Å². The molecular weight excluding hydrogens is 511 g/mol. The molecule has 14 heteroatoms. The number of carbonyl (C=O) groups excluding carboxylic acids is 1. The van der Waals surface area contributed by atoms with Gasteiger partial charge < -0.3 is 14.1 Å². The number of halogens is 4. The summed E-state index contributed by atoms with van der Waals surface area (Å²) in [4.78, 5) is 19.9. The Balaban J connectivity index is 1.16. The van der Waals surface area contributed by atoms with E-state index < -0.39 is 34.1 Å². The Morgan fingerprint density at radius 1 is 1.17 bits per heavy atom. The van der Waals surface area contributed by atoms with Gasteiger partial charge in [-0.25, -0.2) is 4.79 Å². The number of ether oxygens (including phenoxy) is 1. The number of aromatic amines is 1. The van der Waals surface area contributed by atoms with Gasteiger partial charge >= 0.3 is 12.3 Å². The van der Waals surface area contributed by atoms with Crippen LogP contribution in [0.4, 0.5) is 18.0 Å². The van der Waals surface area contributed by atoms with Crippen molar-refractivity contribution in [3.8, 4) is 0 Å². The Bertz CT molecular complexity index is 1170. The van der Waals surface area contributed by atoms with Crippen LogP contribution in [-0.2, 0) is 33.5 Å². The third-order valence-electron chi connectivity index (χ3n) is 5.38. The highest BCUT2D eigenvalue weighted by Crippen LogP contribution is 2.35. The Morgan fingerprint density at radius 2 is 1.94 bits per heavy atom. The largest absolute Gasteiger partial charge is 0.611 e. The van der Waals surface area contributed by atoms with Gasteiger partial charge in [-0.3, -0.25) is 10.00 Å². The average Bonchev–Trinajstić information content (AvgIpc) is 3.29. The van der Waals surface area contributed by atoms with Crippen LogP contribution in [0.2, 0.25) is 5.02 Å². The van der Waals surface area contributed by atoms with Crippen molar-refractivity contribution in [2.24, 2.45) is 0 Å². The fraction of sp³-hybridized carbons (Fsp3) is 0.381. The third-order valence-corrected chi connectivity index (χ3v) is 7.03. The van der Waals surface area contributed by atoms with Gasteiger partial charge in [0.1, 0.15) is 17.9 Å². The summed E-state index contributed by atoms with van der Waals surface area (Å²) in [6.07, 6.45) is -5.52. The zero-order valence-corrected chi connectivity index (χ0v) is 19.8. The summed E-state index contributed by atoms with van der Waals surface area (Å²) in [5.74, 6) is 0.450. The molecular formula is C21H21ClF3N5O4S. The monoisotopic (exact) mass is 531 g/mol. The predicted molar refractivity (Wildman–Crippen MR) is 121 cm³/mol. The summed E-state index contributed by atoms with van der Waals surface area (Å²) in [6, 6.07) is 8.45. The first kappa shape index (κ1) is 25.5. The Kier molecular flexibility index (Phi) is 8.02. The van der Waals surface area contributed by atoms with Crippen LogP contribution in [-0.4, -0.2) is 74.6 Å². The predicted octanol–water partition coefficient (Wildman–Crippen LogP) is 3.62. The molecule has 2 heterocycles. The zero-order chi connectivity index (χ0) is 25.0. The number of hydrogen-bond donors (Lipinski definition) is 1. The number of benzene rings is 2. The molecule has 1 saturated heterocycles. The lowest BCUT2D eigenvalue weighted by Gasteiger charge is -2.32. The summed E-state index contributed by atoms with van der Waals surface area (Å²) in [5.41, 5.74) is 0.794. The molecule has 1 aliphatic heterocycles. The number of nitrogens with zero attached hydrogens (tertiary/aromatic N) is 4. The molecule has 1 atom stereocenters. The summed E-state index contributed by atoms with van der Waals surface area (Å²) in [6.45, 7) is 2.39. The fourth-order valence-electron chi connectivity index (χ4n) is 3.49. The number of hydroxylamine groups is 2. The van der Waals surface area contributed by atoms with Gasteiger partial charge in [0, 0.05) is 38.8 Å². The molecule has 9 nitrogen and oxygen atoms in total. The van der Waals surface area contributed by atoms with E-state index in [1.54, 1.807) is 18.2 Å². The average molecular weight is 532 g/mol. The topological polar surface area (TPSA) is 107 Å². The van der Waals surface area contributed by atoms with Gasteiger partial charge in [0.05, 0.1) is 16.1 Å². The highest BCUT2D eigenvalue weighted by Gasteiger charge is 2.33. The van der Waals surface area contributed by atoms with Crippen molar-refractivity contribution < 1.29 is 32.1 Å². The molecule has 0 saturated carbocycles. The maximum absolute atomic E-state index is 12.8. The first-order valence-corrected chi connectivity index (χ1v) is 12.3. The maximum atomic E-state index is 12.8. The van der Waals surface area contributed by atoms with Crippen molar-refractivity contribution in [3.05, 3.63) is 52.5 Å². The van der Waals surface area contributed by atoms with Gasteiger partial charge in [0.2, 0.25) is 0 Å². The molecule has 3 aromatic rings. The number of piperazine rings is 1. The Morgan fingerprint density at radius 3 is 2.66 bits per heavy atom. The van der Waals surface area contributed by atoms with Gasteiger partial charge in [0.25, 0.3) is 0 Å². The number of hydrogen-bond acceptors (Lipinski definition) is 8. The number of rotatable bonds is 7. The van der Waals surface area contributed by atoms with Crippen molar-refractivity contribution in [2.75, 3.05) is 38.5 Å². The molecule has 0 radical (unpaired) electrons. The van der Waals surface area contributed by atoms with E-state index >= 15 is 0 Å². The zero-order valence-electron chi connectivity index (χ0n) is 18.3. The van der Waals surface area contributed by atoms with Crippen LogP contribution in [0.3, 0.4) is 0 Å². The van der Waals surface area contributed by atoms with Gasteiger partial charge in [-0.1, -0.05) is 22.9 Å². The maximum Gasteiger partial charge on any atom is 0.528 e. The van der Waals surface area contributed by atoms with E-state index in [0.29, 0.717) is 54.5 Å². The molecule has 2 aromatic carbocycles. The molecule has 0 bridgehead atoms.